The molecule has 1 fully saturated rings. The number of hydrogen-bond donors (Lipinski definition) is 2. The zero-order valence-corrected chi connectivity index (χ0v) is 22.0. The van der Waals surface area contributed by atoms with Crippen molar-refractivity contribution in [2.75, 3.05) is 24.2 Å². The van der Waals surface area contributed by atoms with Gasteiger partial charge in [-0.2, -0.15) is 0 Å². The van der Waals surface area contributed by atoms with Gasteiger partial charge in [-0.15, -0.1) is 0 Å². The third kappa shape index (κ3) is 5.44. The Bertz CT molecular complexity index is 1680. The second-order valence-corrected chi connectivity index (χ2v) is 11.3. The molecule has 0 atom stereocenters. The van der Waals surface area contributed by atoms with Crippen LogP contribution in [0.5, 0.6) is 11.5 Å². The Morgan fingerprint density at radius 2 is 1.69 bits per heavy atom. The number of nitrogens with zero attached hydrogens (tertiary/aromatic N) is 1. The molecule has 0 radical (unpaired) electrons. The fourth-order valence-electron chi connectivity index (χ4n) is 4.48. The predicted molar refractivity (Wildman–Crippen MR) is 145 cm³/mol. The minimum Gasteiger partial charge on any atom is -0.457 e. The summed E-state index contributed by atoms with van der Waals surface area (Å²) in [6.07, 6.45) is 2.71. The average Bonchev–Trinajstić information content (AvgIpc) is 3.67. The van der Waals surface area contributed by atoms with Gasteiger partial charge < -0.3 is 20.2 Å². The van der Waals surface area contributed by atoms with Crippen LogP contribution in [0, 0.1) is 5.82 Å². The van der Waals surface area contributed by atoms with E-state index in [1.165, 1.54) is 31.3 Å². The maximum absolute atomic E-state index is 13.2. The van der Waals surface area contributed by atoms with E-state index in [1.807, 2.05) is 0 Å². The van der Waals surface area contributed by atoms with Gasteiger partial charge in [-0.05, 0) is 78.9 Å². The Kier molecular flexibility index (Phi) is 6.77. The van der Waals surface area contributed by atoms with Crippen molar-refractivity contribution in [2.45, 2.75) is 18.8 Å². The van der Waals surface area contributed by atoms with Gasteiger partial charge in [0.25, 0.3) is 5.91 Å². The first-order valence-corrected chi connectivity index (χ1v) is 14.0. The molecule has 5 rings (SSSR count). The summed E-state index contributed by atoms with van der Waals surface area (Å²) in [5, 5.41) is 3.17. The second kappa shape index (κ2) is 10.1. The maximum Gasteiger partial charge on any atom is 0.255 e. The quantitative estimate of drug-likeness (QED) is 0.314. The van der Waals surface area contributed by atoms with E-state index in [-0.39, 0.29) is 29.0 Å². The van der Waals surface area contributed by atoms with Crippen LogP contribution < -0.4 is 20.1 Å². The van der Waals surface area contributed by atoms with Crippen LogP contribution in [0.4, 0.5) is 10.1 Å². The van der Waals surface area contributed by atoms with Crippen LogP contribution in [0.15, 0.2) is 65.1 Å². The summed E-state index contributed by atoms with van der Waals surface area (Å²) < 4.78 is 51.3. The number of rotatable bonds is 9. The van der Waals surface area contributed by atoms with E-state index in [1.54, 1.807) is 36.4 Å². The topological polar surface area (TPSA) is 132 Å². The zero-order valence-electron chi connectivity index (χ0n) is 21.2. The predicted octanol–water partition coefficient (Wildman–Crippen LogP) is 4.52. The first-order valence-electron chi connectivity index (χ1n) is 12.2. The molecule has 9 nitrogen and oxygen atoms in total. The molecule has 0 unspecified atom stereocenters. The largest absolute Gasteiger partial charge is 0.457 e. The van der Waals surface area contributed by atoms with Crippen LogP contribution in [0.2, 0.25) is 0 Å². The number of nitrogens with one attached hydrogen (secondary N) is 1. The molecule has 1 aliphatic rings. The zero-order chi connectivity index (χ0) is 27.9. The number of amides is 2. The molecule has 0 spiro atoms. The molecule has 202 valence electrons. The van der Waals surface area contributed by atoms with Crippen molar-refractivity contribution < 1.29 is 31.6 Å². The highest BCUT2D eigenvalue weighted by Gasteiger charge is 2.33. The lowest BCUT2D eigenvalue weighted by atomic mass is 10.0. The number of ether oxygens (including phenoxy) is 1. The molecule has 0 saturated heterocycles. The number of nitrogens with two attached hydrogens (primary N) is 1. The van der Waals surface area contributed by atoms with Gasteiger partial charge in [0, 0.05) is 24.1 Å². The molecule has 4 aromatic rings. The number of primary amides is 1. The fourth-order valence-corrected chi connectivity index (χ4v) is 5.35. The number of benzene rings is 3. The van der Waals surface area contributed by atoms with Crippen molar-refractivity contribution >= 4 is 38.5 Å². The van der Waals surface area contributed by atoms with Gasteiger partial charge in [0.15, 0.2) is 0 Å². The van der Waals surface area contributed by atoms with Gasteiger partial charge in [-0.3, -0.25) is 13.9 Å². The first-order chi connectivity index (χ1) is 18.5. The minimum absolute atomic E-state index is 0.0836. The number of carbonyl (C=O) groups excluding carboxylic acids is 2. The molecular weight excluding hydrogens is 525 g/mol. The lowest BCUT2D eigenvalue weighted by Gasteiger charge is -2.23. The van der Waals surface area contributed by atoms with Crippen LogP contribution in [-0.4, -0.2) is 40.1 Å². The monoisotopic (exact) mass is 551 g/mol. The summed E-state index contributed by atoms with van der Waals surface area (Å²) >= 11 is 0. The summed E-state index contributed by atoms with van der Waals surface area (Å²) in [4.78, 5) is 24.8. The highest BCUT2D eigenvalue weighted by atomic mass is 32.2. The standard InChI is InChI=1S/C28H26FN3O6S/c1-31-28(34)26-22-13-21(16-3-4-16)23(32(15-25(30)33)39(2,35)36)14-24(22)38-27(26)17-5-9-19(10-6-17)37-20-11-7-18(29)8-12-20/h5-14,16H,3-4,15H2,1-2H3,(H2,30,33)(H,31,34). The van der Waals surface area contributed by atoms with Crippen molar-refractivity contribution in [3.05, 3.63) is 77.6 Å². The van der Waals surface area contributed by atoms with E-state index in [0.717, 1.165) is 23.4 Å². The Morgan fingerprint density at radius 1 is 1.08 bits per heavy atom. The van der Waals surface area contributed by atoms with Gasteiger partial charge in [-0.1, -0.05) is 0 Å². The third-order valence-electron chi connectivity index (χ3n) is 6.44. The van der Waals surface area contributed by atoms with E-state index in [9.17, 15) is 22.4 Å². The van der Waals surface area contributed by atoms with Crippen molar-refractivity contribution in [1.82, 2.24) is 5.32 Å². The number of sulfonamides is 1. The first kappa shape index (κ1) is 26.2. The van der Waals surface area contributed by atoms with E-state index >= 15 is 0 Å². The Morgan fingerprint density at radius 3 is 2.23 bits per heavy atom. The molecule has 0 bridgehead atoms. The second-order valence-electron chi connectivity index (χ2n) is 9.38. The minimum atomic E-state index is -3.84. The van der Waals surface area contributed by atoms with Crippen molar-refractivity contribution in [3.63, 3.8) is 0 Å². The number of fused-ring (bicyclic) bond motifs is 1. The van der Waals surface area contributed by atoms with Crippen LogP contribution in [0.25, 0.3) is 22.3 Å². The fraction of sp³-hybridized carbons (Fsp3) is 0.214. The van der Waals surface area contributed by atoms with Crippen molar-refractivity contribution in [2.24, 2.45) is 5.73 Å². The Balaban J connectivity index is 1.61. The van der Waals surface area contributed by atoms with Gasteiger partial charge in [0.05, 0.1) is 17.5 Å². The lowest BCUT2D eigenvalue weighted by molar-refractivity contribution is -0.116. The van der Waals surface area contributed by atoms with Gasteiger partial charge >= 0.3 is 0 Å². The summed E-state index contributed by atoms with van der Waals surface area (Å²) in [6, 6.07) is 15.8. The van der Waals surface area contributed by atoms with Crippen LogP contribution in [0.1, 0.15) is 34.7 Å². The van der Waals surface area contributed by atoms with Gasteiger partial charge in [-0.25, -0.2) is 12.8 Å². The van der Waals surface area contributed by atoms with Crippen LogP contribution >= 0.6 is 0 Å². The molecule has 1 saturated carbocycles. The van der Waals surface area contributed by atoms with E-state index in [0.29, 0.717) is 39.3 Å². The molecule has 3 aromatic carbocycles. The molecule has 3 N–H and O–H groups in total. The third-order valence-corrected chi connectivity index (χ3v) is 7.57. The molecule has 11 heteroatoms. The normalized spacial score (nSPS) is 13.3. The smallest absolute Gasteiger partial charge is 0.255 e. The van der Waals surface area contributed by atoms with Crippen LogP contribution in [-0.2, 0) is 14.8 Å². The van der Waals surface area contributed by atoms with E-state index in [2.05, 4.69) is 5.32 Å². The molecular formula is C28H26FN3O6S. The van der Waals surface area contributed by atoms with Gasteiger partial charge in [0.1, 0.15) is 35.2 Å². The highest BCUT2D eigenvalue weighted by Crippen LogP contribution is 2.48. The molecule has 2 amide bonds. The molecule has 1 aromatic heterocycles. The SMILES string of the molecule is CNC(=O)c1c(-c2ccc(Oc3ccc(F)cc3)cc2)oc2cc(N(CC(N)=O)S(C)(=O)=O)c(C3CC3)cc12. The number of furan rings is 1. The van der Waals surface area contributed by atoms with Crippen LogP contribution in [0.3, 0.4) is 0 Å². The Hall–Kier alpha value is -4.38. The number of anilines is 1. The Labute approximate surface area is 224 Å². The summed E-state index contributed by atoms with van der Waals surface area (Å²) in [6.45, 7) is -0.518. The van der Waals surface area contributed by atoms with E-state index in [4.69, 9.17) is 14.9 Å². The number of hydrogen-bond acceptors (Lipinski definition) is 6. The lowest BCUT2D eigenvalue weighted by Crippen LogP contribution is -2.38. The average molecular weight is 552 g/mol. The van der Waals surface area contributed by atoms with Crippen molar-refractivity contribution in [3.8, 4) is 22.8 Å². The molecule has 39 heavy (non-hydrogen) atoms. The molecule has 1 aliphatic carbocycles. The maximum atomic E-state index is 13.2. The summed E-state index contributed by atoms with van der Waals surface area (Å²) in [5.74, 6) is -0.204. The van der Waals surface area contributed by atoms with E-state index < -0.39 is 22.5 Å². The van der Waals surface area contributed by atoms with Crippen molar-refractivity contribution in [1.29, 1.82) is 0 Å². The number of carbonyl (C=O) groups is 2. The highest BCUT2D eigenvalue weighted by molar-refractivity contribution is 7.92. The molecule has 0 aliphatic heterocycles. The summed E-state index contributed by atoms with van der Waals surface area (Å²) in [5.41, 5.74) is 7.54. The molecule has 1 heterocycles. The number of halogens is 1. The van der Waals surface area contributed by atoms with Gasteiger partial charge in [0.2, 0.25) is 15.9 Å². The summed E-state index contributed by atoms with van der Waals surface area (Å²) in [7, 11) is -2.33.